The van der Waals surface area contributed by atoms with Gasteiger partial charge in [0.25, 0.3) is 0 Å². The number of aryl methyl sites for hydroxylation is 1. The smallest absolute Gasteiger partial charge is 0.234 e. The average molecular weight is 385 g/mol. The maximum Gasteiger partial charge on any atom is 0.234 e. The van der Waals surface area contributed by atoms with Crippen molar-refractivity contribution in [1.82, 2.24) is 14.8 Å². The van der Waals surface area contributed by atoms with Crippen molar-refractivity contribution in [1.29, 1.82) is 0 Å². The topological polar surface area (TPSA) is 71.8 Å². The summed E-state index contributed by atoms with van der Waals surface area (Å²) in [5, 5.41) is 15.0. The molecule has 8 heteroatoms. The van der Waals surface area contributed by atoms with Crippen molar-refractivity contribution >= 4 is 29.0 Å². The Morgan fingerprint density at radius 1 is 1.07 bits per heavy atom. The molecule has 6 nitrogen and oxygen atoms in total. The van der Waals surface area contributed by atoms with Gasteiger partial charge in [-0.15, -0.1) is 10.2 Å². The van der Waals surface area contributed by atoms with E-state index in [-0.39, 0.29) is 17.5 Å². The zero-order chi connectivity index (χ0) is 19.2. The highest BCUT2D eigenvalue weighted by molar-refractivity contribution is 7.99. The van der Waals surface area contributed by atoms with Gasteiger partial charge in [-0.2, -0.15) is 0 Å². The molecule has 0 saturated heterocycles. The zero-order valence-electron chi connectivity index (χ0n) is 15.1. The van der Waals surface area contributed by atoms with Crippen LogP contribution in [0.4, 0.5) is 15.8 Å². The van der Waals surface area contributed by atoms with Gasteiger partial charge in [0.2, 0.25) is 5.91 Å². The van der Waals surface area contributed by atoms with Crippen LogP contribution in [0.3, 0.4) is 0 Å². The molecule has 0 bridgehead atoms. The first-order valence-electron chi connectivity index (χ1n) is 8.38. The summed E-state index contributed by atoms with van der Waals surface area (Å²) in [7, 11) is 1.87. The standard InChI is InChI=1S/C19H20FN5OS/c1-13-3-7-15(8-4-13)21-11-17-23-24-19(25(17)2)27-12-18(26)22-16-9-5-14(20)6-10-16/h3-10,21H,11-12H2,1-2H3,(H,22,26). The van der Waals surface area contributed by atoms with E-state index >= 15 is 0 Å². The Morgan fingerprint density at radius 3 is 2.44 bits per heavy atom. The molecule has 1 aromatic heterocycles. The van der Waals surface area contributed by atoms with Gasteiger partial charge in [-0.05, 0) is 43.3 Å². The molecule has 0 spiro atoms. The lowest BCUT2D eigenvalue weighted by Gasteiger charge is -2.07. The zero-order valence-corrected chi connectivity index (χ0v) is 15.9. The van der Waals surface area contributed by atoms with E-state index in [2.05, 4.69) is 20.8 Å². The number of anilines is 2. The van der Waals surface area contributed by atoms with Crippen LogP contribution >= 0.6 is 11.8 Å². The SMILES string of the molecule is Cc1ccc(NCc2nnc(SCC(=O)Nc3ccc(F)cc3)n2C)cc1. The molecule has 140 valence electrons. The number of amides is 1. The Kier molecular flexibility index (Phi) is 6.08. The van der Waals surface area contributed by atoms with Crippen molar-refractivity contribution in [2.24, 2.45) is 7.05 Å². The third-order valence-corrected chi connectivity index (χ3v) is 4.91. The number of benzene rings is 2. The number of nitrogens with one attached hydrogen (secondary N) is 2. The number of rotatable bonds is 7. The quantitative estimate of drug-likeness (QED) is 0.608. The molecule has 0 aliphatic heterocycles. The summed E-state index contributed by atoms with van der Waals surface area (Å²) in [6.07, 6.45) is 0. The molecule has 1 amide bonds. The van der Waals surface area contributed by atoms with Gasteiger partial charge in [-0.1, -0.05) is 29.5 Å². The number of hydrogen-bond donors (Lipinski definition) is 2. The second kappa shape index (κ2) is 8.68. The number of aromatic nitrogens is 3. The molecule has 1 heterocycles. The average Bonchev–Trinajstić information content (AvgIpc) is 3.01. The van der Waals surface area contributed by atoms with Gasteiger partial charge >= 0.3 is 0 Å². The third kappa shape index (κ3) is 5.30. The Balaban J connectivity index is 1.51. The van der Waals surface area contributed by atoms with Crippen molar-refractivity contribution in [3.63, 3.8) is 0 Å². The van der Waals surface area contributed by atoms with Crippen LogP contribution in [0, 0.1) is 12.7 Å². The van der Waals surface area contributed by atoms with Gasteiger partial charge in [0.15, 0.2) is 11.0 Å². The minimum absolute atomic E-state index is 0.186. The van der Waals surface area contributed by atoms with Crippen molar-refractivity contribution in [2.75, 3.05) is 16.4 Å². The van der Waals surface area contributed by atoms with E-state index in [0.717, 1.165) is 11.5 Å². The van der Waals surface area contributed by atoms with Gasteiger partial charge in [0, 0.05) is 18.4 Å². The van der Waals surface area contributed by atoms with Crippen LogP contribution in [0.1, 0.15) is 11.4 Å². The summed E-state index contributed by atoms with van der Waals surface area (Å²) in [6.45, 7) is 2.58. The van der Waals surface area contributed by atoms with Crippen molar-refractivity contribution in [3.05, 3.63) is 65.7 Å². The van der Waals surface area contributed by atoms with E-state index < -0.39 is 0 Å². The first-order valence-corrected chi connectivity index (χ1v) is 9.37. The maximum atomic E-state index is 12.9. The second-order valence-corrected chi connectivity index (χ2v) is 6.96. The molecule has 3 rings (SSSR count). The van der Waals surface area contributed by atoms with Crippen molar-refractivity contribution in [2.45, 2.75) is 18.6 Å². The molecule has 2 aromatic carbocycles. The first kappa shape index (κ1) is 18.9. The van der Waals surface area contributed by atoms with Crippen LogP contribution in [-0.4, -0.2) is 26.4 Å². The fourth-order valence-electron chi connectivity index (χ4n) is 2.34. The monoisotopic (exact) mass is 385 g/mol. The predicted octanol–water partition coefficient (Wildman–Crippen LogP) is 3.61. The van der Waals surface area contributed by atoms with Gasteiger partial charge in [0.1, 0.15) is 5.82 Å². The molecule has 0 saturated carbocycles. The number of hydrogen-bond acceptors (Lipinski definition) is 5. The van der Waals surface area contributed by atoms with E-state index in [1.807, 2.05) is 42.8 Å². The van der Waals surface area contributed by atoms with Crippen LogP contribution in [0.25, 0.3) is 0 Å². The maximum absolute atomic E-state index is 12.9. The molecular weight excluding hydrogens is 365 g/mol. The summed E-state index contributed by atoms with van der Waals surface area (Å²) >= 11 is 1.30. The molecule has 0 atom stereocenters. The summed E-state index contributed by atoms with van der Waals surface area (Å²) in [6, 6.07) is 13.8. The van der Waals surface area contributed by atoms with Crippen molar-refractivity contribution in [3.8, 4) is 0 Å². The number of thioether (sulfide) groups is 1. The molecule has 0 radical (unpaired) electrons. The number of carbonyl (C=O) groups excluding carboxylic acids is 1. The minimum Gasteiger partial charge on any atom is -0.378 e. The number of carbonyl (C=O) groups is 1. The number of nitrogens with zero attached hydrogens (tertiary/aromatic N) is 3. The Labute approximate surface area is 161 Å². The second-order valence-electron chi connectivity index (χ2n) is 6.02. The van der Waals surface area contributed by atoms with E-state index in [0.29, 0.717) is 17.4 Å². The first-order chi connectivity index (χ1) is 13.0. The Morgan fingerprint density at radius 2 is 1.74 bits per heavy atom. The Hall–Kier alpha value is -2.87. The van der Waals surface area contributed by atoms with E-state index in [1.54, 1.807) is 0 Å². The van der Waals surface area contributed by atoms with Crippen LogP contribution in [0.2, 0.25) is 0 Å². The molecule has 27 heavy (non-hydrogen) atoms. The Bertz CT molecular complexity index is 909. The fourth-order valence-corrected chi connectivity index (χ4v) is 3.07. The molecule has 2 N–H and O–H groups in total. The van der Waals surface area contributed by atoms with Gasteiger partial charge < -0.3 is 15.2 Å². The molecule has 3 aromatic rings. The van der Waals surface area contributed by atoms with Gasteiger partial charge in [0.05, 0.1) is 12.3 Å². The minimum atomic E-state index is -0.340. The highest BCUT2D eigenvalue weighted by Gasteiger charge is 2.11. The lowest BCUT2D eigenvalue weighted by molar-refractivity contribution is -0.113. The van der Waals surface area contributed by atoms with Crippen LogP contribution < -0.4 is 10.6 Å². The summed E-state index contributed by atoms with van der Waals surface area (Å²) in [5.41, 5.74) is 2.77. The van der Waals surface area contributed by atoms with E-state index in [4.69, 9.17) is 0 Å². The summed E-state index contributed by atoms with van der Waals surface area (Å²) in [4.78, 5) is 12.0. The summed E-state index contributed by atoms with van der Waals surface area (Å²) in [5.74, 6) is 0.438. The van der Waals surface area contributed by atoms with E-state index in [9.17, 15) is 9.18 Å². The highest BCUT2D eigenvalue weighted by atomic mass is 32.2. The molecule has 0 unspecified atom stereocenters. The lowest BCUT2D eigenvalue weighted by atomic mass is 10.2. The highest BCUT2D eigenvalue weighted by Crippen LogP contribution is 2.17. The van der Waals surface area contributed by atoms with Gasteiger partial charge in [-0.3, -0.25) is 4.79 Å². The largest absolute Gasteiger partial charge is 0.378 e. The predicted molar refractivity (Wildman–Crippen MR) is 105 cm³/mol. The van der Waals surface area contributed by atoms with Gasteiger partial charge in [-0.25, -0.2) is 4.39 Å². The molecular formula is C19H20FN5OS. The van der Waals surface area contributed by atoms with Crippen LogP contribution in [0.15, 0.2) is 53.7 Å². The van der Waals surface area contributed by atoms with E-state index in [1.165, 1.54) is 41.6 Å². The molecule has 0 fully saturated rings. The molecule has 0 aliphatic rings. The van der Waals surface area contributed by atoms with Crippen LogP contribution in [-0.2, 0) is 18.4 Å². The van der Waals surface area contributed by atoms with Crippen LogP contribution in [0.5, 0.6) is 0 Å². The lowest BCUT2D eigenvalue weighted by Crippen LogP contribution is -2.14. The fraction of sp³-hybridized carbons (Fsp3) is 0.211. The third-order valence-electron chi connectivity index (χ3n) is 3.89. The number of halogens is 1. The normalized spacial score (nSPS) is 10.6. The molecule has 0 aliphatic carbocycles. The summed E-state index contributed by atoms with van der Waals surface area (Å²) < 4.78 is 14.7. The van der Waals surface area contributed by atoms with Crippen molar-refractivity contribution < 1.29 is 9.18 Å².